The maximum Gasteiger partial charge on any atom is 0.337 e. The number of methoxy groups -OCH3 is 1. The molecule has 0 bridgehead atoms. The van der Waals surface area contributed by atoms with Gasteiger partial charge in [0.2, 0.25) is 0 Å². The van der Waals surface area contributed by atoms with Crippen molar-refractivity contribution < 1.29 is 14.6 Å². The Balaban J connectivity index is 0.000000447. The van der Waals surface area contributed by atoms with E-state index in [4.69, 9.17) is 6.42 Å². The third kappa shape index (κ3) is 7.97. The van der Waals surface area contributed by atoms with Crippen molar-refractivity contribution in [3.63, 3.8) is 0 Å². The highest BCUT2D eigenvalue weighted by Crippen LogP contribution is 2.22. The molecule has 2 aromatic rings. The van der Waals surface area contributed by atoms with Gasteiger partial charge in [-0.1, -0.05) is 54.5 Å². The second kappa shape index (κ2) is 12.6. The number of esters is 1. The van der Waals surface area contributed by atoms with E-state index < -0.39 is 6.10 Å². The van der Waals surface area contributed by atoms with Crippen molar-refractivity contribution in [1.29, 1.82) is 0 Å². The van der Waals surface area contributed by atoms with Crippen molar-refractivity contribution in [2.45, 2.75) is 53.1 Å². The molecule has 0 radical (unpaired) electrons. The molecular formula is C26H32O3. The van der Waals surface area contributed by atoms with Crippen molar-refractivity contribution in [3.8, 4) is 12.3 Å². The quantitative estimate of drug-likeness (QED) is 0.391. The molecule has 3 nitrogen and oxygen atoms in total. The van der Waals surface area contributed by atoms with Crippen LogP contribution in [0.4, 0.5) is 0 Å². The Kier molecular flexibility index (Phi) is 10.5. The highest BCUT2D eigenvalue weighted by Gasteiger charge is 2.12. The second-order valence-corrected chi connectivity index (χ2v) is 7.12. The summed E-state index contributed by atoms with van der Waals surface area (Å²) in [6.45, 7) is 8.30. The van der Waals surface area contributed by atoms with Crippen LogP contribution in [-0.4, -0.2) is 18.2 Å². The fourth-order valence-corrected chi connectivity index (χ4v) is 2.74. The molecule has 0 amide bonds. The van der Waals surface area contributed by atoms with E-state index in [0.717, 1.165) is 29.5 Å². The third-order valence-electron chi connectivity index (χ3n) is 4.82. The van der Waals surface area contributed by atoms with Crippen LogP contribution in [0.5, 0.6) is 0 Å². The maximum atomic E-state index is 11.4. The Morgan fingerprint density at radius 2 is 1.72 bits per heavy atom. The summed E-state index contributed by atoms with van der Waals surface area (Å²) in [5.41, 5.74) is 6.29. The van der Waals surface area contributed by atoms with Crippen LogP contribution in [0, 0.1) is 12.3 Å². The van der Waals surface area contributed by atoms with Gasteiger partial charge in [0.25, 0.3) is 0 Å². The zero-order valence-electron chi connectivity index (χ0n) is 18.2. The lowest BCUT2D eigenvalue weighted by molar-refractivity contribution is 0.0600. The van der Waals surface area contributed by atoms with Gasteiger partial charge >= 0.3 is 5.97 Å². The Bertz CT molecular complexity index is 850. The standard InChI is InChI=1S/C18H20O3.C8H12/c1-3-14-6-4-5-7-16(14)17(19)12-13-8-10-15(11-9-13)18(20)21-2;1-5-6-8(4)7(2)3/h4-11,17,19H,3,12H2,1-2H3;1H,6H2,2-4H3. The number of hydrogen-bond donors (Lipinski definition) is 1. The zero-order chi connectivity index (χ0) is 21.8. The fourth-order valence-electron chi connectivity index (χ4n) is 2.74. The number of aliphatic hydroxyl groups excluding tert-OH is 1. The lowest BCUT2D eigenvalue weighted by atomic mass is 9.95. The summed E-state index contributed by atoms with van der Waals surface area (Å²) >= 11 is 0. The van der Waals surface area contributed by atoms with E-state index in [0.29, 0.717) is 12.0 Å². The molecule has 1 N–H and O–H groups in total. The van der Waals surface area contributed by atoms with Gasteiger partial charge in [0.15, 0.2) is 0 Å². The van der Waals surface area contributed by atoms with Crippen LogP contribution < -0.4 is 0 Å². The van der Waals surface area contributed by atoms with Gasteiger partial charge in [0, 0.05) is 12.8 Å². The molecule has 2 rings (SSSR count). The summed E-state index contributed by atoms with van der Waals surface area (Å²) in [6, 6.07) is 15.1. The number of hydrogen-bond acceptors (Lipinski definition) is 3. The van der Waals surface area contributed by atoms with Gasteiger partial charge in [-0.05, 0) is 56.0 Å². The summed E-state index contributed by atoms with van der Waals surface area (Å²) < 4.78 is 4.67. The van der Waals surface area contributed by atoms with Crippen LogP contribution in [0.25, 0.3) is 0 Å². The van der Waals surface area contributed by atoms with E-state index >= 15 is 0 Å². The van der Waals surface area contributed by atoms with Crippen LogP contribution in [0.3, 0.4) is 0 Å². The Morgan fingerprint density at radius 1 is 1.10 bits per heavy atom. The van der Waals surface area contributed by atoms with Crippen molar-refractivity contribution in [2.75, 3.05) is 7.11 Å². The first-order chi connectivity index (χ1) is 13.8. The molecule has 0 aromatic heterocycles. The maximum absolute atomic E-state index is 11.4. The van der Waals surface area contributed by atoms with E-state index in [-0.39, 0.29) is 5.97 Å². The van der Waals surface area contributed by atoms with E-state index in [1.165, 1.54) is 18.3 Å². The molecule has 3 heteroatoms. The average molecular weight is 393 g/mol. The Hall–Kier alpha value is -2.83. The Labute approximate surface area is 175 Å². The zero-order valence-corrected chi connectivity index (χ0v) is 18.2. The first-order valence-corrected chi connectivity index (χ1v) is 9.83. The van der Waals surface area contributed by atoms with Crippen molar-refractivity contribution in [3.05, 3.63) is 81.9 Å². The molecular weight excluding hydrogens is 360 g/mol. The van der Waals surface area contributed by atoms with Crippen LogP contribution in [0.2, 0.25) is 0 Å². The minimum atomic E-state index is -0.537. The van der Waals surface area contributed by atoms with Gasteiger partial charge in [0.1, 0.15) is 0 Å². The van der Waals surface area contributed by atoms with E-state index in [2.05, 4.69) is 38.4 Å². The predicted molar refractivity (Wildman–Crippen MR) is 120 cm³/mol. The number of allylic oxidation sites excluding steroid dienone is 2. The van der Waals surface area contributed by atoms with Crippen molar-refractivity contribution in [1.82, 2.24) is 0 Å². The molecule has 1 atom stereocenters. The summed E-state index contributed by atoms with van der Waals surface area (Å²) in [7, 11) is 1.36. The molecule has 2 aromatic carbocycles. The molecule has 0 aliphatic heterocycles. The predicted octanol–water partition coefficient (Wildman–Crippen LogP) is 5.68. The minimum absolute atomic E-state index is 0.349. The number of benzene rings is 2. The molecule has 29 heavy (non-hydrogen) atoms. The number of aliphatic hydroxyl groups is 1. The second-order valence-electron chi connectivity index (χ2n) is 7.12. The topological polar surface area (TPSA) is 46.5 Å². The monoisotopic (exact) mass is 392 g/mol. The molecule has 0 heterocycles. The summed E-state index contributed by atoms with van der Waals surface area (Å²) in [5, 5.41) is 10.4. The smallest absolute Gasteiger partial charge is 0.337 e. The Morgan fingerprint density at radius 3 is 2.21 bits per heavy atom. The molecule has 0 aliphatic carbocycles. The lowest BCUT2D eigenvalue weighted by Gasteiger charge is -2.15. The normalized spacial score (nSPS) is 10.8. The first-order valence-electron chi connectivity index (χ1n) is 9.83. The van der Waals surface area contributed by atoms with Crippen molar-refractivity contribution >= 4 is 5.97 Å². The highest BCUT2D eigenvalue weighted by molar-refractivity contribution is 5.89. The molecule has 0 saturated carbocycles. The summed E-state index contributed by atoms with van der Waals surface area (Å²) in [5.74, 6) is 2.24. The van der Waals surface area contributed by atoms with E-state index in [1.807, 2.05) is 36.4 Å². The van der Waals surface area contributed by atoms with E-state index in [1.54, 1.807) is 12.1 Å². The van der Waals surface area contributed by atoms with Gasteiger partial charge in [-0.15, -0.1) is 12.3 Å². The average Bonchev–Trinajstić information content (AvgIpc) is 2.74. The molecule has 154 valence electrons. The number of carbonyl (C=O) groups is 1. The van der Waals surface area contributed by atoms with Gasteiger partial charge < -0.3 is 9.84 Å². The van der Waals surface area contributed by atoms with Crippen LogP contribution in [0.15, 0.2) is 59.7 Å². The number of carbonyl (C=O) groups excluding carboxylic acids is 1. The molecule has 0 spiro atoms. The largest absolute Gasteiger partial charge is 0.465 e. The molecule has 0 fully saturated rings. The number of aryl methyl sites for hydroxylation is 1. The van der Waals surface area contributed by atoms with Gasteiger partial charge in [-0.25, -0.2) is 4.79 Å². The third-order valence-corrected chi connectivity index (χ3v) is 4.82. The molecule has 1 unspecified atom stereocenters. The fraction of sp³-hybridized carbons (Fsp3) is 0.346. The molecule has 0 aliphatic rings. The van der Waals surface area contributed by atoms with Crippen LogP contribution >= 0.6 is 0 Å². The first kappa shape index (κ1) is 24.2. The van der Waals surface area contributed by atoms with Crippen LogP contribution in [-0.2, 0) is 17.6 Å². The van der Waals surface area contributed by atoms with Crippen LogP contribution in [0.1, 0.15) is 67.3 Å². The summed E-state index contributed by atoms with van der Waals surface area (Å²) in [6.07, 6.45) is 6.76. The highest BCUT2D eigenvalue weighted by atomic mass is 16.5. The van der Waals surface area contributed by atoms with Crippen molar-refractivity contribution in [2.24, 2.45) is 0 Å². The van der Waals surface area contributed by atoms with Gasteiger partial charge in [-0.2, -0.15) is 0 Å². The SMILES string of the molecule is C#CCC(C)=C(C)C.CCc1ccccc1C(O)Cc1ccc(C(=O)OC)cc1. The lowest BCUT2D eigenvalue weighted by Crippen LogP contribution is -2.06. The summed E-state index contributed by atoms with van der Waals surface area (Å²) in [4.78, 5) is 11.4. The number of terminal acetylenes is 1. The van der Waals surface area contributed by atoms with Gasteiger partial charge in [0.05, 0.1) is 18.8 Å². The number of ether oxygens (including phenoxy) is 1. The number of rotatable bonds is 6. The van der Waals surface area contributed by atoms with E-state index in [9.17, 15) is 9.90 Å². The van der Waals surface area contributed by atoms with Gasteiger partial charge in [-0.3, -0.25) is 0 Å². The molecule has 0 saturated heterocycles. The minimum Gasteiger partial charge on any atom is -0.465 e.